The van der Waals surface area contributed by atoms with Gasteiger partial charge in [0, 0.05) is 31.6 Å². The molecule has 4 aromatic rings. The van der Waals surface area contributed by atoms with E-state index in [1.807, 2.05) is 60.7 Å². The van der Waals surface area contributed by atoms with Gasteiger partial charge in [0.2, 0.25) is 5.78 Å². The van der Waals surface area contributed by atoms with Crippen molar-refractivity contribution >= 4 is 22.7 Å². The highest BCUT2D eigenvalue weighted by Gasteiger charge is 2.44. The van der Waals surface area contributed by atoms with Crippen molar-refractivity contribution in [2.24, 2.45) is 0 Å². The summed E-state index contributed by atoms with van der Waals surface area (Å²) in [7, 11) is 1.53. The lowest BCUT2D eigenvalue weighted by Gasteiger charge is -2.31. The molecule has 1 aromatic heterocycles. The minimum Gasteiger partial charge on any atom is -0.503 e. The van der Waals surface area contributed by atoms with E-state index >= 15 is 0 Å². The average molecular weight is 569 g/mol. The minimum atomic E-state index is -0.802. The number of carbonyl (C=O) groups is 2. The van der Waals surface area contributed by atoms with Crippen molar-refractivity contribution in [2.45, 2.75) is 12.6 Å². The largest absolute Gasteiger partial charge is 0.503 e. The van der Waals surface area contributed by atoms with Crippen molar-refractivity contribution in [3.05, 3.63) is 107 Å². The Bertz CT molecular complexity index is 1600. The van der Waals surface area contributed by atoms with E-state index in [-0.39, 0.29) is 11.3 Å². The number of fused-ring (bicyclic) bond motifs is 1. The van der Waals surface area contributed by atoms with E-state index in [4.69, 9.17) is 18.6 Å². The number of nitrogens with zero attached hydrogens (tertiary/aromatic N) is 2. The first kappa shape index (κ1) is 27.6. The number of para-hydroxylation sites is 1. The number of ether oxygens (including phenoxy) is 3. The number of amides is 1. The van der Waals surface area contributed by atoms with Gasteiger partial charge in [-0.15, -0.1) is 0 Å². The van der Waals surface area contributed by atoms with Crippen LogP contribution in [0.5, 0.6) is 11.5 Å². The quantitative estimate of drug-likeness (QED) is 0.269. The van der Waals surface area contributed by atoms with E-state index < -0.39 is 23.5 Å². The van der Waals surface area contributed by atoms with E-state index in [0.29, 0.717) is 60.9 Å². The van der Waals surface area contributed by atoms with Crippen molar-refractivity contribution in [1.82, 2.24) is 9.80 Å². The summed E-state index contributed by atoms with van der Waals surface area (Å²) < 4.78 is 22.7. The zero-order chi connectivity index (χ0) is 29.1. The van der Waals surface area contributed by atoms with Crippen molar-refractivity contribution in [3.63, 3.8) is 0 Å². The molecule has 1 unspecified atom stereocenters. The maximum Gasteiger partial charge on any atom is 0.290 e. The monoisotopic (exact) mass is 568 g/mol. The predicted molar refractivity (Wildman–Crippen MR) is 156 cm³/mol. The molecule has 1 amide bonds. The fourth-order valence-electron chi connectivity index (χ4n) is 5.47. The summed E-state index contributed by atoms with van der Waals surface area (Å²) in [6, 6.07) is 23.3. The Morgan fingerprint density at radius 2 is 1.74 bits per heavy atom. The summed E-state index contributed by atoms with van der Waals surface area (Å²) >= 11 is 0. The Labute approximate surface area is 243 Å². The number of ketones is 1. The summed E-state index contributed by atoms with van der Waals surface area (Å²) in [5.41, 5.74) is 2.13. The van der Waals surface area contributed by atoms with Crippen LogP contribution in [-0.4, -0.2) is 73.1 Å². The van der Waals surface area contributed by atoms with Crippen LogP contribution in [0.3, 0.4) is 0 Å². The standard InChI is InChI=1S/C33H32N2O7/c1-39-26-9-5-8-24-20-27(42-32(24)26)30(36)28-29(35(33(38)31(28)37)15-14-34-16-18-40-19-17-34)23-10-12-25(13-11-23)41-21-22-6-3-2-4-7-22/h2-13,20,29,37H,14-19,21H2,1H3. The van der Waals surface area contributed by atoms with Gasteiger partial charge in [-0.05, 0) is 35.4 Å². The Balaban J connectivity index is 1.30. The van der Waals surface area contributed by atoms with Gasteiger partial charge in [0.05, 0.1) is 31.9 Å². The van der Waals surface area contributed by atoms with Gasteiger partial charge in [-0.2, -0.15) is 0 Å². The second-order valence-corrected chi connectivity index (χ2v) is 10.3. The van der Waals surface area contributed by atoms with E-state index in [1.165, 1.54) is 7.11 Å². The maximum absolute atomic E-state index is 14.0. The lowest BCUT2D eigenvalue weighted by molar-refractivity contribution is -0.129. The van der Waals surface area contributed by atoms with Gasteiger partial charge in [0.1, 0.15) is 12.4 Å². The normalized spacial score (nSPS) is 17.7. The molecule has 1 saturated heterocycles. The fourth-order valence-corrected chi connectivity index (χ4v) is 5.47. The molecule has 0 bridgehead atoms. The third-order valence-electron chi connectivity index (χ3n) is 7.70. The molecule has 6 rings (SSSR count). The number of methoxy groups -OCH3 is 1. The number of carbonyl (C=O) groups excluding carboxylic acids is 2. The molecule has 3 heterocycles. The van der Waals surface area contributed by atoms with Gasteiger partial charge >= 0.3 is 0 Å². The first-order valence-electron chi connectivity index (χ1n) is 14.0. The number of morpholine rings is 1. The molecule has 42 heavy (non-hydrogen) atoms. The van der Waals surface area contributed by atoms with Crippen LogP contribution in [0, 0.1) is 0 Å². The molecular formula is C33H32N2O7. The smallest absolute Gasteiger partial charge is 0.290 e. The van der Waals surface area contributed by atoms with Gasteiger partial charge in [0.15, 0.2) is 22.9 Å². The van der Waals surface area contributed by atoms with Gasteiger partial charge < -0.3 is 28.6 Å². The van der Waals surface area contributed by atoms with Crippen LogP contribution >= 0.6 is 0 Å². The number of furan rings is 1. The van der Waals surface area contributed by atoms with Crippen LogP contribution in [0.2, 0.25) is 0 Å². The Morgan fingerprint density at radius 3 is 2.48 bits per heavy atom. The van der Waals surface area contributed by atoms with Crippen molar-refractivity contribution in [2.75, 3.05) is 46.5 Å². The first-order chi connectivity index (χ1) is 20.5. The highest BCUT2D eigenvalue weighted by molar-refractivity contribution is 6.16. The summed E-state index contributed by atoms with van der Waals surface area (Å²) in [6.45, 7) is 4.09. The number of rotatable bonds is 10. The molecule has 216 valence electrons. The summed E-state index contributed by atoms with van der Waals surface area (Å²) in [6.07, 6.45) is 0. The zero-order valence-corrected chi connectivity index (χ0v) is 23.3. The molecule has 9 heteroatoms. The van der Waals surface area contributed by atoms with Crippen LogP contribution in [-0.2, 0) is 16.1 Å². The average Bonchev–Trinajstić information content (AvgIpc) is 3.59. The first-order valence-corrected chi connectivity index (χ1v) is 14.0. The third-order valence-corrected chi connectivity index (χ3v) is 7.70. The van der Waals surface area contributed by atoms with Crippen LogP contribution < -0.4 is 9.47 Å². The number of aliphatic hydroxyl groups is 1. The van der Waals surface area contributed by atoms with Crippen LogP contribution in [0.25, 0.3) is 11.0 Å². The highest BCUT2D eigenvalue weighted by atomic mass is 16.5. The van der Waals surface area contributed by atoms with Crippen LogP contribution in [0.15, 0.2) is 94.6 Å². The molecule has 0 saturated carbocycles. The number of hydrogen-bond donors (Lipinski definition) is 1. The van der Waals surface area contributed by atoms with E-state index in [2.05, 4.69) is 4.90 Å². The van der Waals surface area contributed by atoms with Gasteiger partial charge in [-0.3, -0.25) is 14.5 Å². The fraction of sp³-hybridized carbons (Fsp3) is 0.273. The number of benzene rings is 3. The molecule has 3 aromatic carbocycles. The lowest BCUT2D eigenvalue weighted by atomic mass is 9.95. The van der Waals surface area contributed by atoms with E-state index in [1.54, 1.807) is 23.1 Å². The summed E-state index contributed by atoms with van der Waals surface area (Å²) in [4.78, 5) is 31.2. The predicted octanol–water partition coefficient (Wildman–Crippen LogP) is 4.93. The Hall–Kier alpha value is -4.60. The van der Waals surface area contributed by atoms with Crippen molar-refractivity contribution < 1.29 is 33.3 Å². The number of aliphatic hydroxyl groups excluding tert-OH is 1. The summed E-state index contributed by atoms with van der Waals surface area (Å²) in [5, 5.41) is 11.8. The van der Waals surface area contributed by atoms with Crippen molar-refractivity contribution in [1.29, 1.82) is 0 Å². The molecular weight excluding hydrogens is 536 g/mol. The topological polar surface area (TPSA) is 102 Å². The molecule has 0 radical (unpaired) electrons. The molecule has 2 aliphatic heterocycles. The van der Waals surface area contributed by atoms with Gasteiger partial charge in [-0.1, -0.05) is 54.6 Å². The maximum atomic E-state index is 14.0. The molecule has 1 N–H and O–H groups in total. The van der Waals surface area contributed by atoms with E-state index in [0.717, 1.165) is 18.7 Å². The molecule has 0 aliphatic carbocycles. The number of Topliss-reactive ketones (excluding diaryl/α,β-unsaturated/α-hetero) is 1. The summed E-state index contributed by atoms with van der Waals surface area (Å²) in [5.74, 6) is -0.549. The lowest BCUT2D eigenvalue weighted by Crippen LogP contribution is -2.43. The second kappa shape index (κ2) is 12.1. The SMILES string of the molecule is COc1cccc2cc(C(=O)C3=C(O)C(=O)N(CCN4CCOCC4)C3c3ccc(OCc4ccccc4)cc3)oc12. The molecule has 2 aliphatic rings. The zero-order valence-electron chi connectivity index (χ0n) is 23.3. The van der Waals surface area contributed by atoms with Crippen molar-refractivity contribution in [3.8, 4) is 11.5 Å². The molecule has 1 atom stereocenters. The third kappa shape index (κ3) is 5.48. The number of hydrogen-bond acceptors (Lipinski definition) is 8. The second-order valence-electron chi connectivity index (χ2n) is 10.3. The minimum absolute atomic E-state index is 0.0158. The molecule has 1 fully saturated rings. The Morgan fingerprint density at radius 1 is 0.976 bits per heavy atom. The van der Waals surface area contributed by atoms with Gasteiger partial charge in [-0.25, -0.2) is 0 Å². The van der Waals surface area contributed by atoms with Crippen LogP contribution in [0.4, 0.5) is 0 Å². The molecule has 0 spiro atoms. The highest BCUT2D eigenvalue weighted by Crippen LogP contribution is 2.40. The Kier molecular flexibility index (Phi) is 7.94. The van der Waals surface area contributed by atoms with Crippen LogP contribution in [0.1, 0.15) is 27.7 Å². The van der Waals surface area contributed by atoms with E-state index in [9.17, 15) is 14.7 Å². The van der Waals surface area contributed by atoms with Gasteiger partial charge in [0.25, 0.3) is 5.91 Å². The molecule has 9 nitrogen and oxygen atoms in total.